The van der Waals surface area contributed by atoms with Crippen LogP contribution in [-0.2, 0) is 9.59 Å². The Labute approximate surface area is 192 Å². The number of rotatable bonds is 4. The fourth-order valence-electron chi connectivity index (χ4n) is 2.66. The van der Waals surface area contributed by atoms with Crippen LogP contribution in [0.25, 0.3) is 0 Å². The zero-order valence-electron chi connectivity index (χ0n) is 15.1. The molecule has 152 valence electrons. The predicted molar refractivity (Wildman–Crippen MR) is 122 cm³/mol. The number of aliphatic imine (C=N–C) groups is 1. The van der Waals surface area contributed by atoms with Crippen molar-refractivity contribution in [2.75, 3.05) is 11.9 Å². The van der Waals surface area contributed by atoms with Gasteiger partial charge in [-0.15, -0.1) is 0 Å². The van der Waals surface area contributed by atoms with Crippen molar-refractivity contribution in [3.05, 3.63) is 56.5 Å². The average Bonchev–Trinajstić information content (AvgIpc) is 2.63. The summed E-state index contributed by atoms with van der Waals surface area (Å²) in [5, 5.41) is 4.11. The highest BCUT2D eigenvalue weighted by atomic mass is 35.5. The molecular weight excluding hydrogens is 476 g/mol. The number of amides is 2. The molecule has 1 saturated heterocycles. The first kappa shape index (κ1) is 22.2. The Balaban J connectivity index is 1.84. The predicted octanol–water partition coefficient (Wildman–Crippen LogP) is 6.28. The van der Waals surface area contributed by atoms with Crippen LogP contribution >= 0.6 is 58.2 Å². The number of amidine groups is 1. The number of halogens is 4. The van der Waals surface area contributed by atoms with Gasteiger partial charge in [0.1, 0.15) is 5.25 Å². The van der Waals surface area contributed by atoms with Gasteiger partial charge < -0.3 is 5.32 Å². The van der Waals surface area contributed by atoms with Gasteiger partial charge in [0.2, 0.25) is 11.8 Å². The number of benzene rings is 2. The molecule has 1 fully saturated rings. The lowest BCUT2D eigenvalue weighted by atomic mass is 10.2. The van der Waals surface area contributed by atoms with Crippen LogP contribution in [-0.4, -0.2) is 33.7 Å². The van der Waals surface area contributed by atoms with E-state index >= 15 is 0 Å². The molecule has 0 aromatic heterocycles. The monoisotopic (exact) mass is 489 g/mol. The van der Waals surface area contributed by atoms with Gasteiger partial charge in [-0.2, -0.15) is 0 Å². The summed E-state index contributed by atoms with van der Waals surface area (Å²) in [7, 11) is 0. The van der Waals surface area contributed by atoms with Crippen LogP contribution in [0.3, 0.4) is 0 Å². The molecule has 1 atom stereocenters. The zero-order valence-corrected chi connectivity index (χ0v) is 18.9. The Hall–Kier alpha value is -1.44. The van der Waals surface area contributed by atoms with E-state index in [2.05, 4.69) is 10.3 Å². The molecule has 1 unspecified atom stereocenters. The number of nitrogens with one attached hydrogen (secondary N) is 1. The molecule has 29 heavy (non-hydrogen) atoms. The highest BCUT2D eigenvalue weighted by Gasteiger charge is 2.35. The molecule has 0 radical (unpaired) electrons. The van der Waals surface area contributed by atoms with Crippen molar-refractivity contribution >= 4 is 86.5 Å². The van der Waals surface area contributed by atoms with E-state index in [1.165, 1.54) is 16.7 Å². The van der Waals surface area contributed by atoms with Gasteiger partial charge in [0, 0.05) is 28.7 Å². The van der Waals surface area contributed by atoms with Gasteiger partial charge in [0.25, 0.3) is 0 Å². The Morgan fingerprint density at radius 2 is 1.83 bits per heavy atom. The van der Waals surface area contributed by atoms with Crippen molar-refractivity contribution in [2.24, 2.45) is 4.99 Å². The lowest BCUT2D eigenvalue weighted by Crippen LogP contribution is -2.45. The van der Waals surface area contributed by atoms with E-state index in [-0.39, 0.29) is 18.2 Å². The van der Waals surface area contributed by atoms with E-state index in [1.807, 2.05) is 6.92 Å². The highest BCUT2D eigenvalue weighted by molar-refractivity contribution is 8.15. The minimum Gasteiger partial charge on any atom is -0.325 e. The van der Waals surface area contributed by atoms with E-state index in [0.717, 1.165) is 0 Å². The van der Waals surface area contributed by atoms with Crippen molar-refractivity contribution in [1.82, 2.24) is 4.90 Å². The van der Waals surface area contributed by atoms with Gasteiger partial charge in [-0.25, -0.2) is 4.99 Å². The summed E-state index contributed by atoms with van der Waals surface area (Å²) in [6, 6.07) is 9.66. The Kier molecular flexibility index (Phi) is 7.35. The first-order chi connectivity index (χ1) is 13.8. The number of carbonyl (C=O) groups is 2. The average molecular weight is 491 g/mol. The quantitative estimate of drug-likeness (QED) is 0.548. The van der Waals surface area contributed by atoms with Crippen LogP contribution in [0.5, 0.6) is 0 Å². The Bertz CT molecular complexity index is 979. The van der Waals surface area contributed by atoms with E-state index in [9.17, 15) is 9.59 Å². The number of thioether (sulfide) groups is 1. The minimum atomic E-state index is -0.645. The minimum absolute atomic E-state index is 0.0565. The lowest BCUT2D eigenvalue weighted by molar-refractivity contribution is -0.129. The summed E-state index contributed by atoms with van der Waals surface area (Å²) in [6.45, 7) is 2.27. The van der Waals surface area contributed by atoms with Crippen LogP contribution in [0.2, 0.25) is 20.1 Å². The summed E-state index contributed by atoms with van der Waals surface area (Å²) in [5.74, 6) is -0.512. The van der Waals surface area contributed by atoms with E-state index in [4.69, 9.17) is 46.4 Å². The van der Waals surface area contributed by atoms with E-state index in [0.29, 0.717) is 43.2 Å². The van der Waals surface area contributed by atoms with E-state index < -0.39 is 5.25 Å². The van der Waals surface area contributed by atoms with Gasteiger partial charge in [-0.1, -0.05) is 58.2 Å². The highest BCUT2D eigenvalue weighted by Crippen LogP contribution is 2.32. The molecule has 1 aliphatic rings. The molecule has 0 bridgehead atoms. The van der Waals surface area contributed by atoms with Crippen LogP contribution in [0.4, 0.5) is 11.4 Å². The van der Waals surface area contributed by atoms with Crippen molar-refractivity contribution in [2.45, 2.75) is 18.6 Å². The maximum atomic E-state index is 12.7. The van der Waals surface area contributed by atoms with Crippen LogP contribution < -0.4 is 5.32 Å². The van der Waals surface area contributed by atoms with E-state index in [1.54, 1.807) is 36.4 Å². The molecule has 0 aliphatic carbocycles. The molecule has 0 saturated carbocycles. The SMILES string of the molecule is CCN1C(=O)CC(C(=O)Nc2ccc(Cl)c(Cl)c2)SC1=Nc1cc(Cl)cc(Cl)c1. The number of nitrogens with zero attached hydrogens (tertiary/aromatic N) is 2. The van der Waals surface area contributed by atoms with Crippen molar-refractivity contribution in [3.63, 3.8) is 0 Å². The second-order valence-electron chi connectivity index (χ2n) is 6.09. The molecule has 2 aromatic carbocycles. The zero-order chi connectivity index (χ0) is 21.1. The lowest BCUT2D eigenvalue weighted by Gasteiger charge is -2.31. The first-order valence-corrected chi connectivity index (χ1v) is 10.9. The largest absolute Gasteiger partial charge is 0.325 e. The summed E-state index contributed by atoms with van der Waals surface area (Å²) in [4.78, 5) is 31.4. The second-order valence-corrected chi connectivity index (χ2v) is 8.95. The number of anilines is 1. The maximum Gasteiger partial charge on any atom is 0.238 e. The fraction of sp³-hybridized carbons (Fsp3) is 0.211. The van der Waals surface area contributed by atoms with Crippen LogP contribution in [0.1, 0.15) is 13.3 Å². The summed E-state index contributed by atoms with van der Waals surface area (Å²) < 4.78 is 0. The third kappa shape index (κ3) is 5.58. The Morgan fingerprint density at radius 1 is 1.14 bits per heavy atom. The molecule has 5 nitrogen and oxygen atoms in total. The van der Waals surface area contributed by atoms with Gasteiger partial charge in [0.05, 0.1) is 15.7 Å². The molecule has 2 aromatic rings. The van der Waals surface area contributed by atoms with Crippen LogP contribution in [0, 0.1) is 0 Å². The smallest absolute Gasteiger partial charge is 0.238 e. The molecule has 3 rings (SSSR count). The number of hydrogen-bond acceptors (Lipinski definition) is 4. The maximum absolute atomic E-state index is 12.7. The normalized spacial score (nSPS) is 18.2. The first-order valence-electron chi connectivity index (χ1n) is 8.54. The van der Waals surface area contributed by atoms with Gasteiger partial charge in [-0.3, -0.25) is 14.5 Å². The molecule has 2 amide bonds. The standard InChI is InChI=1S/C19H15Cl4N3O2S/c1-2-26-17(27)9-16(18(28)24-12-3-4-14(22)15(23)8-12)29-19(26)25-13-6-10(20)5-11(21)7-13/h3-8,16H,2,9H2,1H3,(H,24,28). The van der Waals surface area contributed by atoms with Crippen molar-refractivity contribution < 1.29 is 9.59 Å². The fourth-order valence-corrected chi connectivity index (χ4v) is 4.64. The summed E-state index contributed by atoms with van der Waals surface area (Å²) in [5.41, 5.74) is 0.997. The molecule has 1 N–H and O–H groups in total. The molecule has 1 heterocycles. The number of hydrogen-bond donors (Lipinski definition) is 1. The van der Waals surface area contributed by atoms with Gasteiger partial charge in [0.15, 0.2) is 5.17 Å². The number of carbonyl (C=O) groups excluding carboxylic acids is 2. The van der Waals surface area contributed by atoms with Gasteiger partial charge >= 0.3 is 0 Å². The molecular formula is C19H15Cl4N3O2S. The Morgan fingerprint density at radius 3 is 2.45 bits per heavy atom. The summed E-state index contributed by atoms with van der Waals surface area (Å²) in [6.07, 6.45) is 0.0565. The third-order valence-corrected chi connectivity index (χ3v) is 6.37. The van der Waals surface area contributed by atoms with Crippen molar-refractivity contribution in [1.29, 1.82) is 0 Å². The van der Waals surface area contributed by atoms with Crippen LogP contribution in [0.15, 0.2) is 41.4 Å². The molecule has 0 spiro atoms. The van der Waals surface area contributed by atoms with Crippen molar-refractivity contribution in [3.8, 4) is 0 Å². The third-order valence-electron chi connectivity index (χ3n) is 4.01. The topological polar surface area (TPSA) is 61.8 Å². The second kappa shape index (κ2) is 9.58. The molecule has 10 heteroatoms. The molecule has 1 aliphatic heterocycles. The summed E-state index contributed by atoms with van der Waals surface area (Å²) >= 11 is 25.2. The van der Waals surface area contributed by atoms with Gasteiger partial charge in [-0.05, 0) is 43.3 Å².